The van der Waals surface area contributed by atoms with Gasteiger partial charge in [-0.05, 0) is 0 Å². The summed E-state index contributed by atoms with van der Waals surface area (Å²) >= 11 is 7.90. The molecule has 0 unspecified atom stereocenters. The molecule has 1 fully saturated rings. The summed E-state index contributed by atoms with van der Waals surface area (Å²) in [6.07, 6.45) is 1.28. The van der Waals surface area contributed by atoms with E-state index in [9.17, 15) is 0 Å². The summed E-state index contributed by atoms with van der Waals surface area (Å²) in [6, 6.07) is 21.5. The van der Waals surface area contributed by atoms with E-state index in [2.05, 4.69) is 90.9 Å². The van der Waals surface area contributed by atoms with Crippen molar-refractivity contribution >= 4 is 78.7 Å². The van der Waals surface area contributed by atoms with E-state index in [0.717, 1.165) is 0 Å². The van der Waals surface area contributed by atoms with E-state index in [4.69, 9.17) is 9.05 Å². The Labute approximate surface area is 177 Å². The van der Waals surface area contributed by atoms with E-state index in [1.165, 1.54) is 27.7 Å². The van der Waals surface area contributed by atoms with Crippen LogP contribution in [0, 0.1) is 0 Å². The number of benzene rings is 2. The van der Waals surface area contributed by atoms with E-state index in [-0.39, 0.29) is 0 Å². The molecule has 0 N–H and O–H groups in total. The Hall–Kier alpha value is 1.30. The minimum absolute atomic E-state index is 0.486. The number of rotatable bonds is 2. The molecule has 134 valence electrons. The summed E-state index contributed by atoms with van der Waals surface area (Å²) in [7, 11) is 0. The van der Waals surface area contributed by atoms with Crippen molar-refractivity contribution in [3.05, 3.63) is 60.7 Å². The van der Waals surface area contributed by atoms with Crippen molar-refractivity contribution in [2.24, 2.45) is 0 Å². The molecule has 25 heavy (non-hydrogen) atoms. The quantitative estimate of drug-likeness (QED) is 0.374. The third kappa shape index (κ3) is 5.89. The van der Waals surface area contributed by atoms with Crippen molar-refractivity contribution in [1.82, 2.24) is 0 Å². The molecule has 1 saturated heterocycles. The SMILES string of the molecule is [Se]=[P@]1(c2ccccc2)OCCO[P@@](=[Se])(c2ccccc2)[Se]CCC[Se]1. The van der Waals surface area contributed by atoms with Crippen molar-refractivity contribution in [3.63, 3.8) is 0 Å². The van der Waals surface area contributed by atoms with Crippen molar-refractivity contribution in [3.8, 4) is 0 Å². The van der Waals surface area contributed by atoms with Gasteiger partial charge in [-0.2, -0.15) is 0 Å². The zero-order valence-corrected chi connectivity index (χ0v) is 22.3. The second-order valence-electron chi connectivity index (χ2n) is 5.35. The second kappa shape index (κ2) is 10.2. The molecule has 0 bridgehead atoms. The average Bonchev–Trinajstić information content (AvgIpc) is 2.69. The van der Waals surface area contributed by atoms with Crippen LogP contribution in [0.4, 0.5) is 0 Å². The fourth-order valence-electron chi connectivity index (χ4n) is 2.34. The monoisotopic (exact) mass is 638 g/mol. The Morgan fingerprint density at radius 3 is 1.48 bits per heavy atom. The molecule has 2 aromatic carbocycles. The fourth-order valence-corrected chi connectivity index (χ4v) is 24.3. The van der Waals surface area contributed by atoms with E-state index >= 15 is 0 Å². The second-order valence-corrected chi connectivity index (χ2v) is 34.3. The van der Waals surface area contributed by atoms with E-state index in [1.807, 2.05) is 0 Å². The molecule has 2 nitrogen and oxygen atoms in total. The molecule has 1 aliphatic rings. The van der Waals surface area contributed by atoms with Gasteiger partial charge in [-0.15, -0.1) is 0 Å². The molecule has 0 radical (unpaired) electrons. The van der Waals surface area contributed by atoms with Gasteiger partial charge >= 0.3 is 179 Å². The maximum atomic E-state index is 6.45. The molecular weight excluding hydrogens is 614 g/mol. The maximum absolute atomic E-state index is 6.45. The van der Waals surface area contributed by atoms with E-state index < -0.39 is 8.85 Å². The Bertz CT molecular complexity index is 705. The van der Waals surface area contributed by atoms with Crippen LogP contribution in [0.25, 0.3) is 0 Å². The van der Waals surface area contributed by atoms with Gasteiger partial charge in [-0.25, -0.2) is 0 Å². The van der Waals surface area contributed by atoms with Gasteiger partial charge in [-0.1, -0.05) is 0 Å². The first-order chi connectivity index (χ1) is 12.1. The molecule has 0 aromatic heterocycles. The van der Waals surface area contributed by atoms with Crippen LogP contribution in [-0.2, 0) is 9.05 Å². The average molecular weight is 634 g/mol. The summed E-state index contributed by atoms with van der Waals surface area (Å²) in [4.78, 5) is 0. The van der Waals surface area contributed by atoms with Crippen LogP contribution in [0.5, 0.6) is 0 Å². The molecule has 2 atom stereocenters. The molecule has 8 heteroatoms. The van der Waals surface area contributed by atoms with E-state index in [0.29, 0.717) is 42.2 Å². The van der Waals surface area contributed by atoms with Crippen LogP contribution in [-0.4, -0.2) is 72.4 Å². The first-order valence-corrected chi connectivity index (χ1v) is 22.7. The normalized spacial score (nSPS) is 28.8. The Morgan fingerprint density at radius 2 is 1.08 bits per heavy atom. The van der Waals surface area contributed by atoms with Gasteiger partial charge in [0, 0.05) is 0 Å². The van der Waals surface area contributed by atoms with Crippen LogP contribution >= 0.6 is 8.85 Å². The van der Waals surface area contributed by atoms with Crippen LogP contribution < -0.4 is 10.6 Å². The van der Waals surface area contributed by atoms with Gasteiger partial charge in [0.2, 0.25) is 0 Å². The van der Waals surface area contributed by atoms with Crippen LogP contribution in [0.2, 0.25) is 10.6 Å². The topological polar surface area (TPSA) is 18.5 Å². The summed E-state index contributed by atoms with van der Waals surface area (Å²) < 4.78 is 9.69. The predicted octanol–water partition coefficient (Wildman–Crippen LogP) is 3.18. The Kier molecular flexibility index (Phi) is 8.56. The van der Waals surface area contributed by atoms with Gasteiger partial charge in [0.15, 0.2) is 0 Å². The molecule has 1 aliphatic heterocycles. The molecule has 0 spiro atoms. The summed E-state index contributed by atoms with van der Waals surface area (Å²) in [5.74, 6) is 0. The summed E-state index contributed by atoms with van der Waals surface area (Å²) in [6.45, 7) is 1.34. The third-order valence-electron chi connectivity index (χ3n) is 3.56. The van der Waals surface area contributed by atoms with Crippen LogP contribution in [0.1, 0.15) is 6.42 Å². The summed E-state index contributed by atoms with van der Waals surface area (Å²) in [5.41, 5.74) is 0. The molecule has 1 heterocycles. The number of hydrogen-bond donors (Lipinski definition) is 0. The first kappa shape index (κ1) is 21.0. The standard InChI is InChI=1S/C17H20O2P2Se4/c22-20(16-8-3-1-4-9-16)18-12-13-19-21(23,25-15-7-14-24-20)17-10-5-2-6-11-17/h1-6,8-11H,7,12-15H2/t20-,21+. The van der Waals surface area contributed by atoms with Crippen molar-refractivity contribution < 1.29 is 9.05 Å². The first-order valence-electron chi connectivity index (χ1n) is 8.02. The van der Waals surface area contributed by atoms with E-state index in [1.54, 1.807) is 0 Å². The van der Waals surface area contributed by atoms with Gasteiger partial charge in [0.1, 0.15) is 0 Å². The molecule has 2 aromatic rings. The van der Waals surface area contributed by atoms with Gasteiger partial charge in [0.05, 0.1) is 0 Å². The van der Waals surface area contributed by atoms with Gasteiger partial charge < -0.3 is 0 Å². The molecule has 3 rings (SSSR count). The minimum atomic E-state index is -1.60. The Morgan fingerprint density at radius 1 is 0.680 bits per heavy atom. The molecule has 0 saturated carbocycles. The van der Waals surface area contributed by atoms with Crippen molar-refractivity contribution in [1.29, 1.82) is 0 Å². The number of hydrogen-bond acceptors (Lipinski definition) is 2. The fraction of sp³-hybridized carbons (Fsp3) is 0.294. The van der Waals surface area contributed by atoms with Gasteiger partial charge in [0.25, 0.3) is 0 Å². The molecule has 0 amide bonds. The predicted molar refractivity (Wildman–Crippen MR) is 115 cm³/mol. The third-order valence-corrected chi connectivity index (χ3v) is 30.2. The summed E-state index contributed by atoms with van der Waals surface area (Å²) in [5, 5.41) is 5.26. The van der Waals surface area contributed by atoms with Gasteiger partial charge in [-0.3, -0.25) is 0 Å². The van der Waals surface area contributed by atoms with Crippen molar-refractivity contribution in [2.45, 2.75) is 17.1 Å². The van der Waals surface area contributed by atoms with Crippen molar-refractivity contribution in [2.75, 3.05) is 13.2 Å². The molecular formula is C17H20O2P2Se4. The zero-order valence-electron chi connectivity index (χ0n) is 13.7. The van der Waals surface area contributed by atoms with Crippen LogP contribution in [0.3, 0.4) is 0 Å². The zero-order chi connectivity index (χ0) is 17.6. The molecule has 0 aliphatic carbocycles. The van der Waals surface area contributed by atoms with Crippen LogP contribution in [0.15, 0.2) is 60.7 Å². The Balaban J connectivity index is 1.75.